The van der Waals surface area contributed by atoms with Crippen molar-refractivity contribution in [2.75, 3.05) is 0 Å². The molecule has 0 saturated heterocycles. The molecule has 4 aliphatic rings. The SMILES string of the molecule is CC(=O)[C@H]1CC[C@H]2[C@@H]3CC=C4CC(O[Si])CC[C@]4(C)[C@H]3CC[C@]12C. The maximum absolute atomic E-state index is 12.2. The Kier molecular flexibility index (Phi) is 4.12. The van der Waals surface area contributed by atoms with Gasteiger partial charge in [0.05, 0.1) is 0 Å². The van der Waals surface area contributed by atoms with Crippen molar-refractivity contribution >= 4 is 16.3 Å². The van der Waals surface area contributed by atoms with E-state index in [-0.39, 0.29) is 5.41 Å². The van der Waals surface area contributed by atoms with Gasteiger partial charge in [-0.15, -0.1) is 0 Å². The molecule has 3 heteroatoms. The Hall–Kier alpha value is -0.413. The molecule has 131 valence electrons. The summed E-state index contributed by atoms with van der Waals surface area (Å²) in [5, 5.41) is 0. The summed E-state index contributed by atoms with van der Waals surface area (Å²) in [7, 11) is 3.27. The van der Waals surface area contributed by atoms with Gasteiger partial charge in [-0.3, -0.25) is 4.79 Å². The first kappa shape index (κ1) is 17.0. The van der Waals surface area contributed by atoms with E-state index >= 15 is 0 Å². The Balaban J connectivity index is 1.63. The molecule has 3 radical (unpaired) electrons. The van der Waals surface area contributed by atoms with Gasteiger partial charge >= 0.3 is 0 Å². The van der Waals surface area contributed by atoms with Crippen molar-refractivity contribution in [3.8, 4) is 0 Å². The minimum absolute atomic E-state index is 0.268. The van der Waals surface area contributed by atoms with Gasteiger partial charge in [-0.2, -0.15) is 0 Å². The predicted molar refractivity (Wildman–Crippen MR) is 96.5 cm³/mol. The van der Waals surface area contributed by atoms with Crippen molar-refractivity contribution in [1.29, 1.82) is 0 Å². The zero-order valence-corrected chi connectivity index (χ0v) is 16.4. The van der Waals surface area contributed by atoms with E-state index in [2.05, 4.69) is 30.4 Å². The number of carbonyl (C=O) groups is 1. The number of rotatable bonds is 2. The van der Waals surface area contributed by atoms with Crippen LogP contribution in [-0.4, -0.2) is 22.4 Å². The summed E-state index contributed by atoms with van der Waals surface area (Å²) in [4.78, 5) is 12.2. The maximum atomic E-state index is 12.2. The van der Waals surface area contributed by atoms with Crippen LogP contribution in [0.25, 0.3) is 0 Å². The van der Waals surface area contributed by atoms with Crippen LogP contribution in [0.3, 0.4) is 0 Å². The van der Waals surface area contributed by atoms with Gasteiger partial charge < -0.3 is 4.43 Å². The second-order valence-corrected chi connectivity index (χ2v) is 9.76. The van der Waals surface area contributed by atoms with Crippen molar-refractivity contribution in [3.63, 3.8) is 0 Å². The lowest BCUT2D eigenvalue weighted by Gasteiger charge is -2.58. The molecule has 1 unspecified atom stereocenters. The number of fused-ring (bicyclic) bond motifs is 5. The van der Waals surface area contributed by atoms with Crippen molar-refractivity contribution in [3.05, 3.63) is 11.6 Å². The van der Waals surface area contributed by atoms with E-state index in [4.69, 9.17) is 4.43 Å². The Morgan fingerprint density at radius 1 is 1.17 bits per heavy atom. The molecule has 0 N–H and O–H groups in total. The Labute approximate surface area is 150 Å². The fraction of sp³-hybridized carbons (Fsp3) is 0.857. The number of carbonyl (C=O) groups excluding carboxylic acids is 1. The minimum Gasteiger partial charge on any atom is -0.415 e. The van der Waals surface area contributed by atoms with Crippen LogP contribution in [0.15, 0.2) is 11.6 Å². The molecule has 7 atom stereocenters. The number of hydrogen-bond acceptors (Lipinski definition) is 2. The molecule has 4 aliphatic carbocycles. The molecule has 0 aliphatic heterocycles. The van der Waals surface area contributed by atoms with Crippen LogP contribution < -0.4 is 0 Å². The topological polar surface area (TPSA) is 26.3 Å². The zero-order chi connectivity index (χ0) is 17.1. The molecular weight excluding hydrogens is 312 g/mol. The highest BCUT2D eigenvalue weighted by Gasteiger charge is 2.59. The second kappa shape index (κ2) is 5.80. The molecule has 3 saturated carbocycles. The van der Waals surface area contributed by atoms with Crippen LogP contribution in [-0.2, 0) is 9.22 Å². The first-order valence-corrected chi connectivity index (χ1v) is 10.3. The van der Waals surface area contributed by atoms with E-state index in [1.807, 2.05) is 6.92 Å². The van der Waals surface area contributed by atoms with Crippen LogP contribution in [0.4, 0.5) is 0 Å². The standard InChI is InChI=1S/C21H31O2Si/c1-13(22)17-6-7-18-16-5-4-14-12-15(23-24)8-10-20(14,2)19(16)9-11-21(17,18)3/h4,15-19H,5-12H2,1-3H3/t15?,16-,17+,18-,19-,20-,21+/m0/s1. The van der Waals surface area contributed by atoms with Gasteiger partial charge in [0, 0.05) is 12.0 Å². The number of Topliss-reactive ketones (excluding diaryl/α,β-unsaturated/α-hetero) is 1. The Morgan fingerprint density at radius 2 is 1.96 bits per heavy atom. The molecule has 2 nitrogen and oxygen atoms in total. The molecule has 0 aromatic carbocycles. The molecule has 0 spiro atoms. The van der Waals surface area contributed by atoms with Gasteiger partial charge in [0.2, 0.25) is 10.5 Å². The second-order valence-electron chi connectivity index (χ2n) is 9.53. The highest BCUT2D eigenvalue weighted by atomic mass is 28.2. The lowest BCUT2D eigenvalue weighted by molar-refractivity contribution is -0.127. The lowest BCUT2D eigenvalue weighted by atomic mass is 9.47. The minimum atomic E-state index is 0.268. The monoisotopic (exact) mass is 343 g/mol. The summed E-state index contributed by atoms with van der Waals surface area (Å²) in [6.45, 7) is 6.79. The van der Waals surface area contributed by atoms with Crippen molar-refractivity contribution in [2.24, 2.45) is 34.5 Å². The zero-order valence-electron chi connectivity index (χ0n) is 15.4. The average Bonchev–Trinajstić information content (AvgIpc) is 2.91. The van der Waals surface area contributed by atoms with E-state index < -0.39 is 0 Å². The third-order valence-corrected chi connectivity index (χ3v) is 9.05. The van der Waals surface area contributed by atoms with Crippen LogP contribution >= 0.6 is 0 Å². The highest BCUT2D eigenvalue weighted by Crippen LogP contribution is 2.66. The van der Waals surface area contributed by atoms with Gasteiger partial charge in [0.1, 0.15) is 5.78 Å². The molecule has 0 aromatic rings. The van der Waals surface area contributed by atoms with Crippen LogP contribution in [0, 0.1) is 34.5 Å². The summed E-state index contributed by atoms with van der Waals surface area (Å²) in [6.07, 6.45) is 12.6. The van der Waals surface area contributed by atoms with Crippen molar-refractivity contribution < 1.29 is 9.22 Å². The lowest BCUT2D eigenvalue weighted by Crippen LogP contribution is -2.51. The number of allylic oxidation sites excluding steroid dienone is 1. The molecule has 3 fully saturated rings. The summed E-state index contributed by atoms with van der Waals surface area (Å²) < 4.78 is 5.47. The molecule has 24 heavy (non-hydrogen) atoms. The summed E-state index contributed by atoms with van der Waals surface area (Å²) in [5.74, 6) is 3.12. The number of hydrogen-bond donors (Lipinski definition) is 0. The molecule has 0 heterocycles. The molecule has 0 bridgehead atoms. The Bertz CT molecular complexity index is 570. The fourth-order valence-corrected chi connectivity index (χ4v) is 7.60. The average molecular weight is 344 g/mol. The van der Waals surface area contributed by atoms with Crippen LogP contribution in [0.1, 0.15) is 72.1 Å². The molecular formula is C21H31O2Si. The van der Waals surface area contributed by atoms with Crippen LogP contribution in [0.5, 0.6) is 0 Å². The van der Waals surface area contributed by atoms with Gasteiger partial charge in [0.15, 0.2) is 0 Å². The van der Waals surface area contributed by atoms with Gasteiger partial charge in [-0.05, 0) is 86.9 Å². The molecule has 0 amide bonds. The van der Waals surface area contributed by atoms with E-state index in [0.29, 0.717) is 23.2 Å². The summed E-state index contributed by atoms with van der Waals surface area (Å²) in [5.41, 5.74) is 2.30. The van der Waals surface area contributed by atoms with E-state index in [9.17, 15) is 4.79 Å². The normalized spacial score (nSPS) is 50.5. The number of ketones is 1. The third-order valence-electron chi connectivity index (χ3n) is 8.72. The summed E-state index contributed by atoms with van der Waals surface area (Å²) >= 11 is 0. The third kappa shape index (κ3) is 2.26. The first-order chi connectivity index (χ1) is 11.4. The van der Waals surface area contributed by atoms with Gasteiger partial charge in [0.25, 0.3) is 0 Å². The first-order valence-electron chi connectivity index (χ1n) is 9.92. The summed E-state index contributed by atoms with van der Waals surface area (Å²) in [6, 6.07) is 0. The highest BCUT2D eigenvalue weighted by molar-refractivity contribution is 5.98. The fourth-order valence-electron chi connectivity index (χ4n) is 7.40. The van der Waals surface area contributed by atoms with E-state index in [0.717, 1.165) is 30.6 Å². The van der Waals surface area contributed by atoms with Crippen molar-refractivity contribution in [2.45, 2.75) is 78.2 Å². The van der Waals surface area contributed by atoms with Crippen LogP contribution in [0.2, 0.25) is 0 Å². The van der Waals surface area contributed by atoms with Crippen molar-refractivity contribution in [1.82, 2.24) is 0 Å². The largest absolute Gasteiger partial charge is 0.415 e. The molecule has 4 rings (SSSR count). The van der Waals surface area contributed by atoms with E-state index in [1.165, 1.54) is 38.5 Å². The Morgan fingerprint density at radius 3 is 2.67 bits per heavy atom. The molecule has 0 aromatic heterocycles. The van der Waals surface area contributed by atoms with Gasteiger partial charge in [-0.1, -0.05) is 25.5 Å². The maximum Gasteiger partial charge on any atom is 0.246 e. The predicted octanol–water partition coefficient (Wildman–Crippen LogP) is 4.62. The quantitative estimate of drug-likeness (QED) is 0.540. The smallest absolute Gasteiger partial charge is 0.246 e. The van der Waals surface area contributed by atoms with Gasteiger partial charge in [-0.25, -0.2) is 0 Å². The van der Waals surface area contributed by atoms with E-state index in [1.54, 1.807) is 5.57 Å².